The van der Waals surface area contributed by atoms with Crippen molar-refractivity contribution in [3.8, 4) is 5.75 Å². The van der Waals surface area contributed by atoms with Gasteiger partial charge in [-0.15, -0.1) is 0 Å². The number of carbonyl (C=O) groups excluding carboxylic acids is 1. The Morgan fingerprint density at radius 1 is 1.06 bits per heavy atom. The van der Waals surface area contributed by atoms with Crippen molar-refractivity contribution >= 4 is 16.8 Å². The molecule has 3 aromatic rings. The molecule has 5 rings (SSSR count). The van der Waals surface area contributed by atoms with E-state index in [2.05, 4.69) is 33.8 Å². The molecule has 1 amide bonds. The molecule has 174 valence electrons. The van der Waals surface area contributed by atoms with Crippen LogP contribution in [0.1, 0.15) is 60.5 Å². The monoisotopic (exact) mass is 445 g/mol. The Hall–Kier alpha value is -2.79. The molecule has 1 aromatic heterocycles. The molecular weight excluding hydrogens is 410 g/mol. The van der Waals surface area contributed by atoms with Gasteiger partial charge in [0, 0.05) is 16.9 Å². The molecule has 2 aromatic carbocycles. The zero-order chi connectivity index (χ0) is 22.6. The second-order valence-electron chi connectivity index (χ2n) is 9.80. The lowest BCUT2D eigenvalue weighted by Gasteiger charge is -2.29. The molecule has 0 bridgehead atoms. The third kappa shape index (κ3) is 5.25. The van der Waals surface area contributed by atoms with Crippen LogP contribution in [0.5, 0.6) is 5.75 Å². The number of aromatic amines is 1. The lowest BCUT2D eigenvalue weighted by Crippen LogP contribution is -2.38. The van der Waals surface area contributed by atoms with Gasteiger partial charge in [0.05, 0.1) is 7.11 Å². The number of rotatable bonds is 9. The first-order chi connectivity index (χ1) is 16.2. The minimum absolute atomic E-state index is 0.0188. The van der Waals surface area contributed by atoms with Crippen LogP contribution in [0.25, 0.3) is 10.9 Å². The molecule has 2 saturated carbocycles. The predicted octanol–water partition coefficient (Wildman–Crippen LogP) is 5.25. The van der Waals surface area contributed by atoms with Crippen molar-refractivity contribution in [3.05, 3.63) is 65.9 Å². The first-order valence-corrected chi connectivity index (χ1v) is 12.4. The molecule has 2 atom stereocenters. The van der Waals surface area contributed by atoms with Gasteiger partial charge in [0.2, 0.25) is 0 Å². The lowest BCUT2D eigenvalue weighted by molar-refractivity contribution is 0.0917. The summed E-state index contributed by atoms with van der Waals surface area (Å²) in [4.78, 5) is 15.9. The number of amides is 1. The molecular formula is C28H35N3O2. The molecule has 0 aliphatic heterocycles. The van der Waals surface area contributed by atoms with Crippen molar-refractivity contribution in [1.29, 1.82) is 0 Å². The van der Waals surface area contributed by atoms with Gasteiger partial charge < -0.3 is 20.4 Å². The van der Waals surface area contributed by atoms with Crippen LogP contribution in [0.4, 0.5) is 0 Å². The fraction of sp³-hybridized carbons (Fsp3) is 0.464. The predicted molar refractivity (Wildman–Crippen MR) is 133 cm³/mol. The first kappa shape index (κ1) is 22.0. The minimum Gasteiger partial charge on any atom is -0.496 e. The largest absolute Gasteiger partial charge is 0.496 e. The first-order valence-electron chi connectivity index (χ1n) is 12.4. The third-order valence-corrected chi connectivity index (χ3v) is 7.55. The van der Waals surface area contributed by atoms with Gasteiger partial charge in [-0.05, 0) is 93.1 Å². The van der Waals surface area contributed by atoms with Crippen LogP contribution in [-0.4, -0.2) is 37.1 Å². The number of para-hydroxylation sites is 2. The summed E-state index contributed by atoms with van der Waals surface area (Å²) in [5, 5.41) is 8.02. The molecule has 2 aliphatic rings. The number of H-pyrrole nitrogens is 1. The van der Waals surface area contributed by atoms with Crippen LogP contribution < -0.4 is 15.4 Å². The van der Waals surface area contributed by atoms with E-state index in [0.717, 1.165) is 54.4 Å². The molecule has 2 aliphatic carbocycles. The number of benzene rings is 2. The average molecular weight is 446 g/mol. The molecule has 3 N–H and O–H groups in total. The Morgan fingerprint density at radius 2 is 1.85 bits per heavy atom. The van der Waals surface area contributed by atoms with E-state index in [1.807, 2.05) is 36.4 Å². The quantitative estimate of drug-likeness (QED) is 0.394. The molecule has 0 spiro atoms. The fourth-order valence-corrected chi connectivity index (χ4v) is 5.47. The number of nitrogens with one attached hydrogen (secondary N) is 3. The Bertz CT molecular complexity index is 1050. The summed E-state index contributed by atoms with van der Waals surface area (Å²) in [7, 11) is 1.76. The van der Waals surface area contributed by atoms with Crippen molar-refractivity contribution < 1.29 is 9.53 Å². The topological polar surface area (TPSA) is 66.2 Å². The highest BCUT2D eigenvalue weighted by Gasteiger charge is 2.39. The van der Waals surface area contributed by atoms with E-state index in [1.54, 1.807) is 7.11 Å². The van der Waals surface area contributed by atoms with E-state index >= 15 is 0 Å². The maximum absolute atomic E-state index is 12.7. The van der Waals surface area contributed by atoms with Crippen molar-refractivity contribution in [2.75, 3.05) is 20.2 Å². The van der Waals surface area contributed by atoms with E-state index < -0.39 is 0 Å². The summed E-state index contributed by atoms with van der Waals surface area (Å²) in [6.07, 6.45) is 7.05. The van der Waals surface area contributed by atoms with Crippen molar-refractivity contribution in [2.45, 2.75) is 50.5 Å². The maximum Gasteiger partial charge on any atom is 0.267 e. The summed E-state index contributed by atoms with van der Waals surface area (Å²) in [6.45, 7) is 2.19. The number of carbonyl (C=O) groups is 1. The number of methoxy groups -OCH3 is 1. The van der Waals surface area contributed by atoms with Crippen LogP contribution >= 0.6 is 0 Å². The van der Waals surface area contributed by atoms with Crippen molar-refractivity contribution in [3.63, 3.8) is 0 Å². The minimum atomic E-state index is 0.0188. The zero-order valence-electron chi connectivity index (χ0n) is 19.5. The van der Waals surface area contributed by atoms with Crippen LogP contribution in [0.2, 0.25) is 0 Å². The number of hydrogen-bond donors (Lipinski definition) is 3. The van der Waals surface area contributed by atoms with Crippen LogP contribution in [-0.2, 0) is 0 Å². The Balaban J connectivity index is 0.989. The summed E-state index contributed by atoms with van der Waals surface area (Å²) < 4.78 is 5.52. The van der Waals surface area contributed by atoms with Gasteiger partial charge in [-0.1, -0.05) is 36.4 Å². The fourth-order valence-electron chi connectivity index (χ4n) is 5.47. The van der Waals surface area contributed by atoms with E-state index in [0.29, 0.717) is 17.7 Å². The molecule has 33 heavy (non-hydrogen) atoms. The number of ether oxygens (including phenoxy) is 1. The summed E-state index contributed by atoms with van der Waals surface area (Å²) in [5.74, 6) is 3.19. The molecule has 0 saturated heterocycles. The van der Waals surface area contributed by atoms with Crippen LogP contribution in [0.15, 0.2) is 54.6 Å². The third-order valence-electron chi connectivity index (χ3n) is 7.55. The molecule has 5 nitrogen and oxygen atoms in total. The van der Waals surface area contributed by atoms with Gasteiger partial charge in [-0.2, -0.15) is 0 Å². The molecule has 2 unspecified atom stereocenters. The van der Waals surface area contributed by atoms with Gasteiger partial charge in [-0.3, -0.25) is 4.79 Å². The van der Waals surface area contributed by atoms with Crippen molar-refractivity contribution in [1.82, 2.24) is 15.6 Å². The van der Waals surface area contributed by atoms with E-state index in [1.165, 1.54) is 31.2 Å². The van der Waals surface area contributed by atoms with E-state index in [9.17, 15) is 4.79 Å². The molecule has 1 heterocycles. The molecule has 5 heteroatoms. The Labute approximate surface area is 196 Å². The standard InChI is InChI=1S/C28H35N3O2/c1-33-27-9-5-3-7-23(27)24-16-21(24)18-29-15-14-19-10-12-22(13-11-19)30-28(32)26-17-20-6-2-4-8-25(20)31-26/h2-9,17,19,21-22,24,29,31H,10-16,18H2,1H3,(H,30,32). The summed E-state index contributed by atoms with van der Waals surface area (Å²) in [5.41, 5.74) is 3.04. The Kier molecular flexibility index (Phi) is 6.68. The highest BCUT2D eigenvalue weighted by atomic mass is 16.5. The molecule has 2 fully saturated rings. The number of hydrogen-bond acceptors (Lipinski definition) is 3. The maximum atomic E-state index is 12.7. The SMILES string of the molecule is COc1ccccc1C1CC1CNCCC1CCC(NC(=O)c2cc3ccccc3[nH]2)CC1. The highest BCUT2D eigenvalue weighted by molar-refractivity contribution is 5.98. The number of fused-ring (bicyclic) bond motifs is 1. The van der Waals surface area contributed by atoms with Gasteiger partial charge >= 0.3 is 0 Å². The Morgan fingerprint density at radius 3 is 2.67 bits per heavy atom. The van der Waals surface area contributed by atoms with Gasteiger partial charge in [-0.25, -0.2) is 0 Å². The van der Waals surface area contributed by atoms with Crippen molar-refractivity contribution in [2.24, 2.45) is 11.8 Å². The highest BCUT2D eigenvalue weighted by Crippen LogP contribution is 2.49. The second-order valence-corrected chi connectivity index (χ2v) is 9.80. The van der Waals surface area contributed by atoms with Crippen LogP contribution in [0.3, 0.4) is 0 Å². The lowest BCUT2D eigenvalue weighted by atomic mass is 9.84. The molecule has 0 radical (unpaired) electrons. The average Bonchev–Trinajstić information content (AvgIpc) is 3.49. The van der Waals surface area contributed by atoms with Gasteiger partial charge in [0.25, 0.3) is 5.91 Å². The van der Waals surface area contributed by atoms with Gasteiger partial charge in [0.1, 0.15) is 11.4 Å². The zero-order valence-corrected chi connectivity index (χ0v) is 19.5. The van der Waals surface area contributed by atoms with E-state index in [4.69, 9.17) is 4.74 Å². The normalized spacial score (nSPS) is 24.5. The smallest absolute Gasteiger partial charge is 0.267 e. The number of aromatic nitrogens is 1. The van der Waals surface area contributed by atoms with Crippen LogP contribution in [0, 0.1) is 11.8 Å². The summed E-state index contributed by atoms with van der Waals surface area (Å²) >= 11 is 0. The van der Waals surface area contributed by atoms with E-state index in [-0.39, 0.29) is 5.91 Å². The second kappa shape index (κ2) is 10.0. The summed E-state index contributed by atoms with van der Waals surface area (Å²) in [6, 6.07) is 18.7. The van der Waals surface area contributed by atoms with Gasteiger partial charge in [0.15, 0.2) is 0 Å².